The Hall–Kier alpha value is -2.97. The third-order valence-electron chi connectivity index (χ3n) is 6.50. The second kappa shape index (κ2) is 7.56. The van der Waals surface area contributed by atoms with Gasteiger partial charge in [0.05, 0.1) is 5.52 Å². The van der Waals surface area contributed by atoms with Gasteiger partial charge in [-0.25, -0.2) is 9.59 Å². The highest BCUT2D eigenvalue weighted by atomic mass is 35.5. The van der Waals surface area contributed by atoms with Crippen LogP contribution in [-0.4, -0.2) is 57.6 Å². The number of halogens is 2. The second-order valence-corrected chi connectivity index (χ2v) is 9.35. The monoisotopic (exact) mass is 475 g/mol. The lowest BCUT2D eigenvalue weighted by Gasteiger charge is -2.56. The number of aromatic amines is 1. The number of aromatic nitrogens is 1. The number of carbonyl (C=O) groups is 2. The molecule has 2 aromatic carbocycles. The minimum Gasteiger partial charge on any atom is -0.465 e. The first-order chi connectivity index (χ1) is 15.2. The Bertz CT molecular complexity index is 1280. The molecule has 1 aromatic heterocycles. The Morgan fingerprint density at radius 3 is 2.59 bits per heavy atom. The molecule has 0 bridgehead atoms. The Labute approximate surface area is 192 Å². The highest BCUT2D eigenvalue weighted by Gasteiger charge is 2.57. The summed E-state index contributed by atoms with van der Waals surface area (Å²) in [7, 11) is 0. The maximum absolute atomic E-state index is 13.4. The smallest absolute Gasteiger partial charge is 0.417 e. The first kappa shape index (κ1) is 20.9. The molecule has 2 saturated heterocycles. The number of likely N-dealkylation sites (tertiary alicyclic amines) is 2. The molecular weight excluding hydrogens is 457 g/mol. The van der Waals surface area contributed by atoms with Gasteiger partial charge < -0.3 is 19.3 Å². The van der Waals surface area contributed by atoms with Crippen molar-refractivity contribution in [1.29, 1.82) is 0 Å². The number of rotatable bonds is 3. The summed E-state index contributed by atoms with van der Waals surface area (Å²) in [5.41, 5.74) is 1.78. The number of carbonyl (C=O) groups excluding carboxylic acids is 1. The SMILES string of the molecule is O=C(O)N1CCC2(C1)CN(C(=O)c1ccc3[nH]c(=O)oc3c1)C2Cc1cc(Cl)cc(Cl)c1. The normalized spacial score (nSPS) is 22.5. The largest absolute Gasteiger partial charge is 0.465 e. The molecule has 166 valence electrons. The van der Waals surface area contributed by atoms with E-state index in [4.69, 9.17) is 27.6 Å². The number of nitrogens with zero attached hydrogens (tertiary/aromatic N) is 2. The van der Waals surface area contributed by atoms with Gasteiger partial charge in [-0.05, 0) is 54.8 Å². The zero-order valence-electron chi connectivity index (χ0n) is 16.8. The Morgan fingerprint density at radius 2 is 1.91 bits per heavy atom. The van der Waals surface area contributed by atoms with Crippen LogP contribution in [0.1, 0.15) is 22.3 Å². The van der Waals surface area contributed by atoms with Crippen molar-refractivity contribution in [2.75, 3.05) is 19.6 Å². The number of amides is 2. The van der Waals surface area contributed by atoms with Crippen LogP contribution in [0.2, 0.25) is 10.0 Å². The van der Waals surface area contributed by atoms with E-state index in [1.165, 1.54) is 4.90 Å². The lowest BCUT2D eigenvalue weighted by Crippen LogP contribution is -2.68. The number of hydrogen-bond acceptors (Lipinski definition) is 4. The molecule has 0 aliphatic carbocycles. The van der Waals surface area contributed by atoms with Crippen LogP contribution in [0.15, 0.2) is 45.6 Å². The zero-order valence-corrected chi connectivity index (χ0v) is 18.3. The van der Waals surface area contributed by atoms with Crippen molar-refractivity contribution >= 4 is 46.3 Å². The quantitative estimate of drug-likeness (QED) is 0.597. The van der Waals surface area contributed by atoms with Crippen LogP contribution >= 0.6 is 23.2 Å². The van der Waals surface area contributed by atoms with Crippen LogP contribution in [0.4, 0.5) is 4.79 Å². The predicted octanol–water partition coefficient (Wildman–Crippen LogP) is 3.87. The van der Waals surface area contributed by atoms with Crippen molar-refractivity contribution < 1.29 is 19.1 Å². The van der Waals surface area contributed by atoms with E-state index in [2.05, 4.69) is 4.98 Å². The maximum atomic E-state index is 13.4. The van der Waals surface area contributed by atoms with Gasteiger partial charge in [-0.3, -0.25) is 9.78 Å². The van der Waals surface area contributed by atoms with E-state index < -0.39 is 11.8 Å². The van der Waals surface area contributed by atoms with Gasteiger partial charge in [-0.15, -0.1) is 0 Å². The van der Waals surface area contributed by atoms with Crippen LogP contribution in [0.3, 0.4) is 0 Å². The number of H-pyrrole nitrogens is 1. The van der Waals surface area contributed by atoms with Crippen molar-refractivity contribution in [3.8, 4) is 0 Å². The minimum atomic E-state index is -0.955. The number of carboxylic acid groups (broad SMARTS) is 1. The van der Waals surface area contributed by atoms with E-state index in [0.29, 0.717) is 59.2 Å². The first-order valence-corrected chi connectivity index (χ1v) is 10.9. The molecule has 2 aliphatic heterocycles. The molecule has 3 heterocycles. The summed E-state index contributed by atoms with van der Waals surface area (Å²) in [5.74, 6) is -0.781. The zero-order chi connectivity index (χ0) is 22.6. The summed E-state index contributed by atoms with van der Waals surface area (Å²) in [4.78, 5) is 42.1. The molecular formula is C22H19Cl2N3O5. The molecule has 1 spiro atoms. The van der Waals surface area contributed by atoms with E-state index in [1.54, 1.807) is 29.2 Å². The molecule has 2 atom stereocenters. The number of oxazole rings is 1. The Kier molecular flexibility index (Phi) is 4.94. The van der Waals surface area contributed by atoms with Gasteiger partial charge in [0.1, 0.15) is 0 Å². The lowest BCUT2D eigenvalue weighted by molar-refractivity contribution is -0.0447. The van der Waals surface area contributed by atoms with Crippen LogP contribution in [0.5, 0.6) is 0 Å². The fraction of sp³-hybridized carbons (Fsp3) is 0.318. The number of nitrogens with one attached hydrogen (secondary N) is 1. The van der Waals surface area contributed by atoms with E-state index in [-0.39, 0.29) is 17.4 Å². The van der Waals surface area contributed by atoms with E-state index >= 15 is 0 Å². The summed E-state index contributed by atoms with van der Waals surface area (Å²) in [5, 5.41) is 10.5. The molecule has 10 heteroatoms. The standard InChI is InChI=1S/C22H19Cl2N3O5/c23-14-5-12(6-15(24)9-14)7-18-22(3-4-26(10-22)21(30)31)11-27(18)19(28)13-1-2-16-17(8-13)32-20(29)25-16/h1-2,5-6,8-9,18H,3-4,7,10-11H2,(H,25,29)(H,30,31). The first-order valence-electron chi connectivity index (χ1n) is 10.1. The van der Waals surface area contributed by atoms with Crippen LogP contribution < -0.4 is 5.76 Å². The van der Waals surface area contributed by atoms with E-state index in [0.717, 1.165) is 5.56 Å². The summed E-state index contributed by atoms with van der Waals surface area (Å²) in [6, 6.07) is 9.88. The molecule has 2 fully saturated rings. The highest BCUT2D eigenvalue weighted by molar-refractivity contribution is 6.34. The molecule has 0 saturated carbocycles. The summed E-state index contributed by atoms with van der Waals surface area (Å²) in [6.07, 6.45) is 0.221. The topological polar surface area (TPSA) is 107 Å². The summed E-state index contributed by atoms with van der Waals surface area (Å²) >= 11 is 12.3. The number of hydrogen-bond donors (Lipinski definition) is 2. The molecule has 2 unspecified atom stereocenters. The molecule has 8 nitrogen and oxygen atoms in total. The van der Waals surface area contributed by atoms with E-state index in [1.807, 2.05) is 12.1 Å². The highest BCUT2D eigenvalue weighted by Crippen LogP contribution is 2.47. The van der Waals surface area contributed by atoms with Crippen molar-refractivity contribution in [2.45, 2.75) is 18.9 Å². The fourth-order valence-electron chi connectivity index (χ4n) is 4.97. The van der Waals surface area contributed by atoms with Crippen molar-refractivity contribution in [3.05, 3.63) is 68.1 Å². The third-order valence-corrected chi connectivity index (χ3v) is 6.94. The van der Waals surface area contributed by atoms with Gasteiger partial charge >= 0.3 is 11.8 Å². The van der Waals surface area contributed by atoms with Crippen LogP contribution in [-0.2, 0) is 6.42 Å². The van der Waals surface area contributed by atoms with Crippen LogP contribution in [0, 0.1) is 5.41 Å². The Balaban J connectivity index is 1.46. The minimum absolute atomic E-state index is 0.201. The van der Waals surface area contributed by atoms with Gasteiger partial charge in [0, 0.05) is 46.7 Å². The fourth-order valence-corrected chi connectivity index (χ4v) is 5.54. The van der Waals surface area contributed by atoms with Gasteiger partial charge in [-0.2, -0.15) is 0 Å². The molecule has 2 N–H and O–H groups in total. The van der Waals surface area contributed by atoms with Gasteiger partial charge in [0.15, 0.2) is 5.58 Å². The van der Waals surface area contributed by atoms with Gasteiger partial charge in [0.25, 0.3) is 5.91 Å². The van der Waals surface area contributed by atoms with Crippen molar-refractivity contribution in [1.82, 2.24) is 14.8 Å². The lowest BCUT2D eigenvalue weighted by atomic mass is 9.68. The van der Waals surface area contributed by atoms with Gasteiger partial charge in [-0.1, -0.05) is 23.2 Å². The molecule has 2 amide bonds. The van der Waals surface area contributed by atoms with Crippen molar-refractivity contribution in [3.63, 3.8) is 0 Å². The van der Waals surface area contributed by atoms with Crippen molar-refractivity contribution in [2.24, 2.45) is 5.41 Å². The average Bonchev–Trinajstić information content (AvgIpc) is 3.33. The number of fused-ring (bicyclic) bond motifs is 1. The summed E-state index contributed by atoms with van der Waals surface area (Å²) in [6.45, 7) is 1.26. The van der Waals surface area contributed by atoms with Crippen LogP contribution in [0.25, 0.3) is 11.1 Å². The molecule has 3 aromatic rings. The molecule has 0 radical (unpaired) electrons. The maximum Gasteiger partial charge on any atom is 0.417 e. The Morgan fingerprint density at radius 1 is 1.16 bits per heavy atom. The molecule has 5 rings (SSSR count). The molecule has 32 heavy (non-hydrogen) atoms. The number of benzene rings is 2. The second-order valence-electron chi connectivity index (χ2n) is 8.47. The van der Waals surface area contributed by atoms with Gasteiger partial charge in [0.2, 0.25) is 0 Å². The average molecular weight is 476 g/mol. The van der Waals surface area contributed by atoms with E-state index in [9.17, 15) is 19.5 Å². The third kappa shape index (κ3) is 3.53. The predicted molar refractivity (Wildman–Crippen MR) is 118 cm³/mol. The molecule has 2 aliphatic rings. The summed E-state index contributed by atoms with van der Waals surface area (Å²) < 4.78 is 5.09.